The van der Waals surface area contributed by atoms with Crippen LogP contribution in [0.1, 0.15) is 65.9 Å². The molecule has 0 heterocycles. The fourth-order valence-corrected chi connectivity index (χ4v) is 3.03. The summed E-state index contributed by atoms with van der Waals surface area (Å²) in [5.74, 6) is 0.0554. The molecule has 1 aromatic carbocycles. The first-order valence-electron chi connectivity index (χ1n) is 9.66. The third-order valence-electron chi connectivity index (χ3n) is 4.24. The molecule has 146 valence electrons. The molecular weight excluding hydrogens is 328 g/mol. The quantitative estimate of drug-likeness (QED) is 0.525. The summed E-state index contributed by atoms with van der Waals surface area (Å²) in [7, 11) is 0. The zero-order valence-electron chi connectivity index (χ0n) is 16.9. The van der Waals surface area contributed by atoms with Gasteiger partial charge in [-0.1, -0.05) is 71.4 Å². The Morgan fingerprint density at radius 1 is 0.885 bits per heavy atom. The summed E-state index contributed by atoms with van der Waals surface area (Å²) in [5, 5.41) is 0. The lowest BCUT2D eigenvalue weighted by molar-refractivity contribution is -0.149. The van der Waals surface area contributed by atoms with Crippen molar-refractivity contribution in [2.24, 2.45) is 11.8 Å². The summed E-state index contributed by atoms with van der Waals surface area (Å²) < 4.78 is 10.8. The lowest BCUT2D eigenvalue weighted by atomic mass is 9.71. The highest BCUT2D eigenvalue weighted by Gasteiger charge is 2.37. The second kappa shape index (κ2) is 11.0. The SMILES string of the molecule is CCCC(CC(=O)OCC(C)C)(CC(=O)OCC(C)C)c1ccccc1. The van der Waals surface area contributed by atoms with Crippen molar-refractivity contribution in [2.75, 3.05) is 13.2 Å². The maximum absolute atomic E-state index is 12.5. The van der Waals surface area contributed by atoms with Gasteiger partial charge >= 0.3 is 11.9 Å². The van der Waals surface area contributed by atoms with Gasteiger partial charge in [0, 0.05) is 5.41 Å². The van der Waals surface area contributed by atoms with Gasteiger partial charge in [0.25, 0.3) is 0 Å². The molecule has 4 nitrogen and oxygen atoms in total. The van der Waals surface area contributed by atoms with Crippen LogP contribution in [-0.2, 0) is 24.5 Å². The molecule has 0 bridgehead atoms. The highest BCUT2D eigenvalue weighted by atomic mass is 16.5. The third kappa shape index (κ3) is 7.59. The number of carbonyl (C=O) groups is 2. The van der Waals surface area contributed by atoms with Gasteiger partial charge in [-0.3, -0.25) is 9.59 Å². The topological polar surface area (TPSA) is 52.6 Å². The monoisotopic (exact) mass is 362 g/mol. The second-order valence-electron chi connectivity index (χ2n) is 7.90. The van der Waals surface area contributed by atoms with Gasteiger partial charge in [0.2, 0.25) is 0 Å². The molecule has 0 aliphatic rings. The molecule has 26 heavy (non-hydrogen) atoms. The molecular formula is C22H34O4. The molecule has 0 atom stereocenters. The van der Waals surface area contributed by atoms with Crippen molar-refractivity contribution in [1.82, 2.24) is 0 Å². The van der Waals surface area contributed by atoms with Gasteiger partial charge < -0.3 is 9.47 Å². The average molecular weight is 363 g/mol. The van der Waals surface area contributed by atoms with Crippen LogP contribution in [0.15, 0.2) is 30.3 Å². The Bertz CT molecular complexity index is 523. The number of rotatable bonds is 11. The second-order valence-corrected chi connectivity index (χ2v) is 7.90. The van der Waals surface area contributed by atoms with E-state index in [0.717, 1.165) is 18.4 Å². The first-order chi connectivity index (χ1) is 12.3. The van der Waals surface area contributed by atoms with Gasteiger partial charge in [-0.25, -0.2) is 0 Å². The van der Waals surface area contributed by atoms with Crippen LogP contribution < -0.4 is 0 Å². The molecule has 0 radical (unpaired) electrons. The molecule has 0 aliphatic heterocycles. The standard InChI is InChI=1S/C22H34O4/c1-6-12-22(19-10-8-7-9-11-19,13-20(23)25-15-17(2)3)14-21(24)26-16-18(4)5/h7-11,17-18H,6,12-16H2,1-5H3. The van der Waals surface area contributed by atoms with Crippen LogP contribution in [0.5, 0.6) is 0 Å². The normalized spacial score (nSPS) is 11.7. The van der Waals surface area contributed by atoms with Crippen molar-refractivity contribution < 1.29 is 19.1 Å². The molecule has 0 aliphatic carbocycles. The minimum absolute atomic E-state index is 0.189. The van der Waals surface area contributed by atoms with Crippen molar-refractivity contribution >= 4 is 11.9 Å². The molecule has 0 amide bonds. The Morgan fingerprint density at radius 3 is 1.73 bits per heavy atom. The molecule has 0 saturated heterocycles. The fraction of sp³-hybridized carbons (Fsp3) is 0.636. The summed E-state index contributed by atoms with van der Waals surface area (Å²) in [5.41, 5.74) is 0.405. The Morgan fingerprint density at radius 2 is 1.35 bits per heavy atom. The molecule has 0 saturated carbocycles. The predicted molar refractivity (Wildman–Crippen MR) is 104 cm³/mol. The van der Waals surface area contributed by atoms with Crippen molar-refractivity contribution in [3.05, 3.63) is 35.9 Å². The van der Waals surface area contributed by atoms with Crippen LogP contribution in [0.3, 0.4) is 0 Å². The van der Waals surface area contributed by atoms with Gasteiger partial charge in [-0.15, -0.1) is 0 Å². The number of hydrogen-bond donors (Lipinski definition) is 0. The first-order valence-corrected chi connectivity index (χ1v) is 9.66. The highest BCUT2D eigenvalue weighted by molar-refractivity contribution is 5.76. The van der Waals surface area contributed by atoms with Gasteiger partial charge in [-0.2, -0.15) is 0 Å². The first kappa shape index (κ1) is 22.2. The van der Waals surface area contributed by atoms with Gasteiger partial charge in [0.05, 0.1) is 26.1 Å². The summed E-state index contributed by atoms with van der Waals surface area (Å²) in [6.45, 7) is 10.9. The fourth-order valence-electron chi connectivity index (χ4n) is 3.03. The number of carbonyl (C=O) groups excluding carboxylic acids is 2. The van der Waals surface area contributed by atoms with Crippen molar-refractivity contribution in [3.8, 4) is 0 Å². The minimum Gasteiger partial charge on any atom is -0.465 e. The summed E-state index contributed by atoms with van der Waals surface area (Å²) in [6.07, 6.45) is 1.97. The average Bonchev–Trinajstić information content (AvgIpc) is 2.59. The van der Waals surface area contributed by atoms with Crippen LogP contribution >= 0.6 is 0 Å². The lowest BCUT2D eigenvalue weighted by Crippen LogP contribution is -2.34. The van der Waals surface area contributed by atoms with E-state index in [1.54, 1.807) is 0 Å². The summed E-state index contributed by atoms with van der Waals surface area (Å²) in [4.78, 5) is 25.0. The molecule has 0 aromatic heterocycles. The molecule has 0 fully saturated rings. The van der Waals surface area contributed by atoms with E-state index in [1.165, 1.54) is 0 Å². The van der Waals surface area contributed by atoms with E-state index in [9.17, 15) is 9.59 Å². The third-order valence-corrected chi connectivity index (χ3v) is 4.24. The zero-order valence-corrected chi connectivity index (χ0v) is 16.9. The van der Waals surface area contributed by atoms with Crippen molar-refractivity contribution in [2.45, 2.75) is 65.7 Å². The van der Waals surface area contributed by atoms with Crippen molar-refractivity contribution in [1.29, 1.82) is 0 Å². The number of ether oxygens (including phenoxy) is 2. The number of benzene rings is 1. The van der Waals surface area contributed by atoms with E-state index in [-0.39, 0.29) is 36.6 Å². The Hall–Kier alpha value is -1.84. The van der Waals surface area contributed by atoms with E-state index in [1.807, 2.05) is 58.0 Å². The van der Waals surface area contributed by atoms with Crippen LogP contribution in [0, 0.1) is 11.8 Å². The predicted octanol–water partition coefficient (Wildman–Crippen LogP) is 4.90. The number of hydrogen-bond acceptors (Lipinski definition) is 4. The Labute approximate surface area is 158 Å². The smallest absolute Gasteiger partial charge is 0.306 e. The Kier molecular flexibility index (Phi) is 9.39. The van der Waals surface area contributed by atoms with E-state index >= 15 is 0 Å². The maximum Gasteiger partial charge on any atom is 0.306 e. The van der Waals surface area contributed by atoms with Gasteiger partial charge in [0.15, 0.2) is 0 Å². The van der Waals surface area contributed by atoms with E-state index in [2.05, 4.69) is 6.92 Å². The van der Waals surface area contributed by atoms with Crippen LogP contribution in [0.25, 0.3) is 0 Å². The molecule has 1 rings (SSSR count). The van der Waals surface area contributed by atoms with E-state index in [0.29, 0.717) is 13.2 Å². The van der Waals surface area contributed by atoms with E-state index in [4.69, 9.17) is 9.47 Å². The highest BCUT2D eigenvalue weighted by Crippen LogP contribution is 2.37. The van der Waals surface area contributed by atoms with Gasteiger partial charge in [0.1, 0.15) is 0 Å². The molecule has 0 N–H and O–H groups in total. The lowest BCUT2D eigenvalue weighted by Gasteiger charge is -2.33. The van der Waals surface area contributed by atoms with E-state index < -0.39 is 5.41 Å². The van der Waals surface area contributed by atoms with Crippen molar-refractivity contribution in [3.63, 3.8) is 0 Å². The maximum atomic E-state index is 12.5. The van der Waals surface area contributed by atoms with Crippen LogP contribution in [0.2, 0.25) is 0 Å². The summed E-state index contributed by atoms with van der Waals surface area (Å²) in [6, 6.07) is 9.80. The number of esters is 2. The minimum atomic E-state index is -0.585. The zero-order chi connectivity index (χ0) is 19.6. The summed E-state index contributed by atoms with van der Waals surface area (Å²) >= 11 is 0. The Balaban J connectivity index is 3.04. The largest absolute Gasteiger partial charge is 0.465 e. The molecule has 0 unspecified atom stereocenters. The van der Waals surface area contributed by atoms with Crippen LogP contribution in [-0.4, -0.2) is 25.2 Å². The van der Waals surface area contributed by atoms with Crippen LogP contribution in [0.4, 0.5) is 0 Å². The molecule has 4 heteroatoms. The van der Waals surface area contributed by atoms with Gasteiger partial charge in [-0.05, 0) is 23.8 Å². The molecule has 1 aromatic rings. The molecule has 0 spiro atoms.